The molecule has 0 saturated heterocycles. The van der Waals surface area contributed by atoms with Gasteiger partial charge in [0, 0.05) is 17.3 Å². The predicted molar refractivity (Wildman–Crippen MR) is 110 cm³/mol. The van der Waals surface area contributed by atoms with Crippen molar-refractivity contribution < 1.29 is 14.0 Å². The summed E-state index contributed by atoms with van der Waals surface area (Å²) >= 11 is 0. The fourth-order valence-electron chi connectivity index (χ4n) is 4.00. The van der Waals surface area contributed by atoms with Crippen molar-refractivity contribution in [2.75, 3.05) is 5.32 Å². The lowest BCUT2D eigenvalue weighted by atomic mass is 9.88. The van der Waals surface area contributed by atoms with Crippen molar-refractivity contribution in [2.24, 2.45) is 0 Å². The van der Waals surface area contributed by atoms with E-state index in [1.807, 2.05) is 13.0 Å². The average molecular weight is 395 g/mol. The van der Waals surface area contributed by atoms with Crippen LogP contribution in [0.4, 0.5) is 14.9 Å². The third kappa shape index (κ3) is 4.42. The van der Waals surface area contributed by atoms with Crippen LogP contribution in [0.1, 0.15) is 60.0 Å². The number of benzene rings is 2. The molecule has 3 N–H and O–H groups in total. The Bertz CT molecular complexity index is 916. The quantitative estimate of drug-likeness (QED) is 0.691. The summed E-state index contributed by atoms with van der Waals surface area (Å²) in [7, 11) is 0. The van der Waals surface area contributed by atoms with Crippen LogP contribution >= 0.6 is 0 Å². The Morgan fingerprint density at radius 3 is 2.38 bits per heavy atom. The Morgan fingerprint density at radius 1 is 1.03 bits per heavy atom. The molecule has 6 heteroatoms. The molecule has 2 aromatic carbocycles. The second-order valence-corrected chi connectivity index (χ2v) is 8.15. The lowest BCUT2D eigenvalue weighted by Gasteiger charge is -2.31. The molecule has 0 atom stereocenters. The number of amides is 3. The molecule has 2 aliphatic rings. The maximum Gasteiger partial charge on any atom is 0.319 e. The van der Waals surface area contributed by atoms with Crippen molar-refractivity contribution in [3.8, 4) is 0 Å². The number of aryl methyl sites for hydroxylation is 1. The van der Waals surface area contributed by atoms with E-state index in [4.69, 9.17) is 0 Å². The second-order valence-electron chi connectivity index (χ2n) is 8.15. The first-order chi connectivity index (χ1) is 13.9. The van der Waals surface area contributed by atoms with Gasteiger partial charge in [0.15, 0.2) is 0 Å². The summed E-state index contributed by atoms with van der Waals surface area (Å²) in [5, 5.41) is 8.99. The minimum absolute atomic E-state index is 0.116. The summed E-state index contributed by atoms with van der Waals surface area (Å²) in [5.41, 5.74) is 2.45. The lowest BCUT2D eigenvalue weighted by Crippen LogP contribution is -2.46. The van der Waals surface area contributed by atoms with E-state index >= 15 is 0 Å². The molecule has 3 amide bonds. The molecule has 2 fully saturated rings. The number of nitrogens with one attached hydrogen (secondary N) is 3. The molecule has 2 saturated carbocycles. The van der Waals surface area contributed by atoms with Crippen LogP contribution in [0.25, 0.3) is 0 Å². The summed E-state index contributed by atoms with van der Waals surface area (Å²) in [4.78, 5) is 25.2. The van der Waals surface area contributed by atoms with E-state index in [1.165, 1.54) is 12.1 Å². The smallest absolute Gasteiger partial charge is 0.319 e. The number of hydrogen-bond donors (Lipinski definition) is 3. The van der Waals surface area contributed by atoms with Crippen molar-refractivity contribution in [2.45, 2.75) is 57.0 Å². The molecule has 2 aliphatic carbocycles. The van der Waals surface area contributed by atoms with Gasteiger partial charge in [0.2, 0.25) is 0 Å². The molecule has 0 aromatic heterocycles. The second kappa shape index (κ2) is 7.85. The van der Waals surface area contributed by atoms with E-state index in [-0.39, 0.29) is 23.8 Å². The molecule has 0 unspecified atom stereocenters. The predicted octanol–water partition coefficient (Wildman–Crippen LogP) is 4.62. The summed E-state index contributed by atoms with van der Waals surface area (Å²) in [5.74, 6) is -0.405. The zero-order chi connectivity index (χ0) is 20.4. The van der Waals surface area contributed by atoms with Gasteiger partial charge in [-0.2, -0.15) is 0 Å². The van der Waals surface area contributed by atoms with Gasteiger partial charge in [-0.1, -0.05) is 31.0 Å². The van der Waals surface area contributed by atoms with Gasteiger partial charge < -0.3 is 16.0 Å². The van der Waals surface area contributed by atoms with Gasteiger partial charge in [-0.3, -0.25) is 4.79 Å². The van der Waals surface area contributed by atoms with E-state index in [1.54, 1.807) is 24.3 Å². The van der Waals surface area contributed by atoms with Gasteiger partial charge in [-0.25, -0.2) is 9.18 Å². The molecule has 152 valence electrons. The maximum absolute atomic E-state index is 13.3. The lowest BCUT2D eigenvalue weighted by molar-refractivity contribution is 0.0951. The zero-order valence-corrected chi connectivity index (χ0v) is 16.6. The van der Waals surface area contributed by atoms with Crippen molar-refractivity contribution in [3.63, 3.8) is 0 Å². The number of rotatable bonds is 5. The van der Waals surface area contributed by atoms with Crippen LogP contribution in [0.15, 0.2) is 42.5 Å². The van der Waals surface area contributed by atoms with Crippen LogP contribution in [0.2, 0.25) is 0 Å². The highest BCUT2D eigenvalue weighted by molar-refractivity contribution is 5.97. The third-order valence-electron chi connectivity index (χ3n) is 5.87. The summed E-state index contributed by atoms with van der Waals surface area (Å²) in [6.07, 6.45) is 5.69. The fourth-order valence-corrected chi connectivity index (χ4v) is 4.00. The van der Waals surface area contributed by atoms with Gasteiger partial charge >= 0.3 is 6.03 Å². The highest BCUT2D eigenvalue weighted by Crippen LogP contribution is 2.39. The highest BCUT2D eigenvalue weighted by Gasteiger charge is 2.37. The first-order valence-corrected chi connectivity index (χ1v) is 10.2. The van der Waals surface area contributed by atoms with E-state index in [0.29, 0.717) is 11.3 Å². The van der Waals surface area contributed by atoms with Gasteiger partial charge in [-0.15, -0.1) is 0 Å². The van der Waals surface area contributed by atoms with Crippen LogP contribution in [-0.4, -0.2) is 18.0 Å². The van der Waals surface area contributed by atoms with Crippen LogP contribution in [0, 0.1) is 12.7 Å². The van der Waals surface area contributed by atoms with Crippen LogP contribution in [0.5, 0.6) is 0 Å². The van der Waals surface area contributed by atoms with Crippen molar-refractivity contribution in [1.29, 1.82) is 0 Å². The number of carbonyl (C=O) groups is 2. The Morgan fingerprint density at radius 2 is 1.72 bits per heavy atom. The van der Waals surface area contributed by atoms with Gasteiger partial charge in [0.25, 0.3) is 5.91 Å². The van der Waals surface area contributed by atoms with Gasteiger partial charge in [-0.05, 0) is 68.0 Å². The van der Waals surface area contributed by atoms with Crippen molar-refractivity contribution in [1.82, 2.24) is 10.6 Å². The molecular weight excluding hydrogens is 369 g/mol. The molecule has 0 spiro atoms. The summed E-state index contributed by atoms with van der Waals surface area (Å²) < 4.78 is 13.3. The zero-order valence-electron chi connectivity index (χ0n) is 16.6. The molecule has 29 heavy (non-hydrogen) atoms. The molecule has 2 aromatic rings. The molecule has 4 rings (SSSR count). The molecule has 5 nitrogen and oxygen atoms in total. The molecule has 0 radical (unpaired) electrons. The van der Waals surface area contributed by atoms with Crippen LogP contribution in [-0.2, 0) is 5.54 Å². The summed E-state index contributed by atoms with van der Waals surface area (Å²) in [6, 6.07) is 11.6. The Kier molecular flexibility index (Phi) is 5.26. The molecular formula is C23H26FN3O2. The number of halogens is 1. The van der Waals surface area contributed by atoms with E-state index < -0.39 is 5.54 Å². The fraction of sp³-hybridized carbons (Fsp3) is 0.391. The summed E-state index contributed by atoms with van der Waals surface area (Å²) in [6.45, 7) is 1.89. The van der Waals surface area contributed by atoms with Gasteiger partial charge in [0.05, 0.1) is 5.54 Å². The highest BCUT2D eigenvalue weighted by atomic mass is 19.1. The molecule has 0 bridgehead atoms. The largest absolute Gasteiger partial charge is 0.349 e. The minimum atomic E-state index is -0.493. The number of carbonyl (C=O) groups excluding carboxylic acids is 2. The minimum Gasteiger partial charge on any atom is -0.349 e. The maximum atomic E-state index is 13.3. The Labute approximate surface area is 170 Å². The van der Waals surface area contributed by atoms with Crippen LogP contribution in [0.3, 0.4) is 0 Å². The van der Waals surface area contributed by atoms with Gasteiger partial charge in [0.1, 0.15) is 5.82 Å². The normalized spacial score (nSPS) is 17.6. The average Bonchev–Trinajstić information content (AvgIpc) is 3.39. The Balaban J connectivity index is 1.49. The van der Waals surface area contributed by atoms with Crippen molar-refractivity contribution in [3.05, 3.63) is 65.0 Å². The van der Waals surface area contributed by atoms with E-state index in [2.05, 4.69) is 16.0 Å². The monoisotopic (exact) mass is 395 g/mol. The topological polar surface area (TPSA) is 70.2 Å². The van der Waals surface area contributed by atoms with Crippen LogP contribution < -0.4 is 16.0 Å². The number of anilines is 1. The Hall–Kier alpha value is -2.89. The van der Waals surface area contributed by atoms with E-state index in [0.717, 1.165) is 49.7 Å². The third-order valence-corrected chi connectivity index (χ3v) is 5.87. The first-order valence-electron chi connectivity index (χ1n) is 10.2. The first kappa shape index (κ1) is 19.4. The molecule has 0 heterocycles. The number of urea groups is 1. The van der Waals surface area contributed by atoms with E-state index in [9.17, 15) is 14.0 Å². The number of hydrogen-bond acceptors (Lipinski definition) is 2. The van der Waals surface area contributed by atoms with Crippen molar-refractivity contribution >= 4 is 17.6 Å². The SMILES string of the molecule is Cc1ccc(C(=O)NC2CC2)cc1NC(=O)NC1(c2ccc(F)cc2)CCCC1. The standard InChI is InChI=1S/C23H26FN3O2/c1-15-4-5-16(21(28)25-19-10-11-19)14-20(15)26-22(29)27-23(12-2-3-13-23)17-6-8-18(24)9-7-17/h4-9,14,19H,2-3,10-13H2,1H3,(H,25,28)(H2,26,27,29). The molecule has 0 aliphatic heterocycles.